The molecule has 2 unspecified atom stereocenters. The van der Waals surface area contributed by atoms with Crippen LogP contribution in [-0.2, 0) is 11.3 Å². The topological polar surface area (TPSA) is 58.4 Å². The zero-order valence-corrected chi connectivity index (χ0v) is 12.1. The lowest BCUT2D eigenvalue weighted by Gasteiger charge is -2.35. The Morgan fingerprint density at radius 1 is 1.57 bits per heavy atom. The van der Waals surface area contributed by atoms with Gasteiger partial charge in [0, 0.05) is 25.4 Å². The smallest absolute Gasteiger partial charge is 0.319 e. The van der Waals surface area contributed by atoms with E-state index in [0.717, 1.165) is 30.5 Å². The maximum absolute atomic E-state index is 12.8. The van der Waals surface area contributed by atoms with E-state index in [0.29, 0.717) is 18.3 Å². The molecule has 0 aromatic carbocycles. The summed E-state index contributed by atoms with van der Waals surface area (Å²) in [7, 11) is 0. The van der Waals surface area contributed by atoms with Gasteiger partial charge in [0.15, 0.2) is 0 Å². The van der Waals surface area contributed by atoms with Crippen LogP contribution in [0, 0.1) is 11.8 Å². The number of imidazole rings is 1. The minimum atomic E-state index is -2.57. The van der Waals surface area contributed by atoms with Crippen LogP contribution in [0.25, 0.3) is 0 Å². The van der Waals surface area contributed by atoms with E-state index in [1.54, 1.807) is 0 Å². The number of piperidine rings is 1. The second-order valence-electron chi connectivity index (χ2n) is 5.74. The average molecular weight is 301 g/mol. The van der Waals surface area contributed by atoms with Gasteiger partial charge in [-0.05, 0) is 31.2 Å². The lowest BCUT2D eigenvalue weighted by molar-refractivity contribution is -0.138. The number of carboxylic acids is 1. The van der Waals surface area contributed by atoms with Crippen LogP contribution in [0.2, 0.25) is 0 Å². The van der Waals surface area contributed by atoms with Crippen molar-refractivity contribution in [3.63, 3.8) is 0 Å². The van der Waals surface area contributed by atoms with Crippen LogP contribution >= 0.6 is 0 Å². The zero-order valence-electron chi connectivity index (χ0n) is 12.1. The van der Waals surface area contributed by atoms with Crippen molar-refractivity contribution in [1.29, 1.82) is 0 Å². The Morgan fingerprint density at radius 2 is 2.33 bits per heavy atom. The summed E-state index contributed by atoms with van der Waals surface area (Å²) < 4.78 is 26.5. The van der Waals surface area contributed by atoms with Gasteiger partial charge in [0.2, 0.25) is 0 Å². The molecule has 1 aromatic rings. The van der Waals surface area contributed by atoms with E-state index in [-0.39, 0.29) is 12.3 Å². The van der Waals surface area contributed by atoms with E-state index in [1.165, 1.54) is 12.4 Å². The molecule has 1 N–H and O–H groups in total. The van der Waals surface area contributed by atoms with Crippen LogP contribution in [0.15, 0.2) is 12.4 Å². The van der Waals surface area contributed by atoms with Gasteiger partial charge in [-0.3, -0.25) is 14.3 Å². The third kappa shape index (κ3) is 4.23. The number of rotatable bonds is 6. The standard InChI is InChI=1S/C14H21F2N3O2/c1-10(7-13(20)21)11-3-2-5-18(8-11)9-12-17-4-6-19(12)14(15)16/h4,6,10-11,14H,2-3,5,7-9H2,1H3,(H,20,21). The molecule has 0 radical (unpaired) electrons. The number of aliphatic carboxylic acids is 1. The fourth-order valence-corrected chi connectivity index (χ4v) is 2.99. The van der Waals surface area contributed by atoms with Crippen LogP contribution in [0.3, 0.4) is 0 Å². The predicted octanol–water partition coefficient (Wildman–Crippen LogP) is 2.60. The van der Waals surface area contributed by atoms with Crippen molar-refractivity contribution in [2.24, 2.45) is 11.8 Å². The maximum Gasteiger partial charge on any atom is 0.319 e. The van der Waals surface area contributed by atoms with Gasteiger partial charge in [-0.25, -0.2) is 4.98 Å². The number of carbonyl (C=O) groups is 1. The predicted molar refractivity (Wildman–Crippen MR) is 72.9 cm³/mol. The monoisotopic (exact) mass is 301 g/mol. The molecule has 1 aromatic heterocycles. The highest BCUT2D eigenvalue weighted by atomic mass is 19.3. The van der Waals surface area contributed by atoms with Gasteiger partial charge < -0.3 is 5.11 Å². The highest BCUT2D eigenvalue weighted by molar-refractivity contribution is 5.67. The molecule has 0 spiro atoms. The van der Waals surface area contributed by atoms with Gasteiger partial charge in [0.1, 0.15) is 5.82 Å². The van der Waals surface area contributed by atoms with Gasteiger partial charge in [-0.2, -0.15) is 8.78 Å². The normalized spacial score (nSPS) is 21.6. The first kappa shape index (κ1) is 15.9. The molecule has 1 fully saturated rings. The van der Waals surface area contributed by atoms with Gasteiger partial charge in [0.25, 0.3) is 0 Å². The molecule has 0 aliphatic carbocycles. The first-order valence-corrected chi connectivity index (χ1v) is 7.21. The average Bonchev–Trinajstić information content (AvgIpc) is 2.86. The van der Waals surface area contributed by atoms with Crippen LogP contribution in [0.1, 0.15) is 38.6 Å². The van der Waals surface area contributed by atoms with Gasteiger partial charge in [-0.15, -0.1) is 0 Å². The second kappa shape index (κ2) is 6.98. The van der Waals surface area contributed by atoms with Crippen molar-refractivity contribution in [2.45, 2.75) is 39.3 Å². The lowest BCUT2D eigenvalue weighted by atomic mass is 9.84. The summed E-state index contributed by atoms with van der Waals surface area (Å²) in [5, 5.41) is 8.88. The minimum absolute atomic E-state index is 0.0974. The summed E-state index contributed by atoms with van der Waals surface area (Å²) in [4.78, 5) is 16.9. The molecular formula is C14H21F2N3O2. The Kier molecular flexibility index (Phi) is 5.27. The lowest BCUT2D eigenvalue weighted by Crippen LogP contribution is -2.38. The van der Waals surface area contributed by atoms with E-state index in [4.69, 9.17) is 5.11 Å². The van der Waals surface area contributed by atoms with Gasteiger partial charge >= 0.3 is 12.5 Å². The number of likely N-dealkylation sites (tertiary alicyclic amines) is 1. The third-order valence-corrected chi connectivity index (χ3v) is 4.17. The Morgan fingerprint density at radius 3 is 3.00 bits per heavy atom. The quantitative estimate of drug-likeness (QED) is 0.877. The Bertz CT molecular complexity index is 479. The van der Waals surface area contributed by atoms with Crippen molar-refractivity contribution in [3.8, 4) is 0 Å². The van der Waals surface area contributed by atoms with Crippen molar-refractivity contribution in [1.82, 2.24) is 14.5 Å². The molecule has 0 bridgehead atoms. The maximum atomic E-state index is 12.8. The molecule has 21 heavy (non-hydrogen) atoms. The molecule has 2 heterocycles. The summed E-state index contributed by atoms with van der Waals surface area (Å²) in [6.07, 6.45) is 4.78. The summed E-state index contributed by atoms with van der Waals surface area (Å²) in [6.45, 7) is 1.33. The number of alkyl halides is 2. The molecule has 118 valence electrons. The highest BCUT2D eigenvalue weighted by Gasteiger charge is 2.27. The molecule has 1 saturated heterocycles. The molecule has 7 heteroatoms. The molecule has 0 saturated carbocycles. The number of halogens is 2. The van der Waals surface area contributed by atoms with Crippen molar-refractivity contribution < 1.29 is 18.7 Å². The minimum Gasteiger partial charge on any atom is -0.481 e. The van der Waals surface area contributed by atoms with Gasteiger partial charge in [0.05, 0.1) is 6.54 Å². The van der Waals surface area contributed by atoms with Crippen LogP contribution in [0.4, 0.5) is 8.78 Å². The summed E-state index contributed by atoms with van der Waals surface area (Å²) in [6, 6.07) is 0. The molecule has 2 atom stereocenters. The molecule has 2 rings (SSSR count). The summed E-state index contributed by atoms with van der Waals surface area (Å²) >= 11 is 0. The van der Waals surface area contributed by atoms with E-state index >= 15 is 0 Å². The molecular weight excluding hydrogens is 280 g/mol. The SMILES string of the molecule is CC(CC(=O)O)C1CCCN(Cc2nccn2C(F)F)C1. The van der Waals surface area contributed by atoms with Crippen LogP contribution in [-0.4, -0.2) is 38.6 Å². The van der Waals surface area contributed by atoms with E-state index < -0.39 is 12.5 Å². The number of hydrogen-bond donors (Lipinski definition) is 1. The highest BCUT2D eigenvalue weighted by Crippen LogP contribution is 2.27. The molecule has 1 aliphatic heterocycles. The number of nitrogens with zero attached hydrogens (tertiary/aromatic N) is 3. The third-order valence-electron chi connectivity index (χ3n) is 4.17. The van der Waals surface area contributed by atoms with Crippen molar-refractivity contribution in [3.05, 3.63) is 18.2 Å². The number of carboxylic acid groups (broad SMARTS) is 1. The van der Waals surface area contributed by atoms with E-state index in [9.17, 15) is 13.6 Å². The zero-order chi connectivity index (χ0) is 15.4. The molecule has 5 nitrogen and oxygen atoms in total. The Hall–Kier alpha value is -1.50. The first-order chi connectivity index (χ1) is 9.97. The summed E-state index contributed by atoms with van der Waals surface area (Å²) in [5.74, 6) is -0.0330. The van der Waals surface area contributed by atoms with Crippen LogP contribution < -0.4 is 0 Å². The van der Waals surface area contributed by atoms with E-state index in [2.05, 4.69) is 9.88 Å². The number of hydrogen-bond acceptors (Lipinski definition) is 3. The van der Waals surface area contributed by atoms with Crippen molar-refractivity contribution in [2.75, 3.05) is 13.1 Å². The molecule has 1 aliphatic rings. The fraction of sp³-hybridized carbons (Fsp3) is 0.714. The van der Waals surface area contributed by atoms with E-state index in [1.807, 2.05) is 6.92 Å². The second-order valence-corrected chi connectivity index (χ2v) is 5.74. The summed E-state index contributed by atoms with van der Waals surface area (Å²) in [5.41, 5.74) is 0. The number of aromatic nitrogens is 2. The molecule has 0 amide bonds. The Labute approximate surface area is 122 Å². The van der Waals surface area contributed by atoms with Crippen molar-refractivity contribution >= 4 is 5.97 Å². The Balaban J connectivity index is 1.95. The fourth-order valence-electron chi connectivity index (χ4n) is 2.99. The van der Waals surface area contributed by atoms with Crippen LogP contribution in [0.5, 0.6) is 0 Å². The van der Waals surface area contributed by atoms with Gasteiger partial charge in [-0.1, -0.05) is 6.92 Å². The first-order valence-electron chi connectivity index (χ1n) is 7.21. The largest absolute Gasteiger partial charge is 0.481 e.